The Kier molecular flexibility index (Phi) is 5.17. The molecule has 3 aromatic carbocycles. The van der Waals surface area contributed by atoms with E-state index in [1.165, 1.54) is 0 Å². The molecule has 0 aliphatic carbocycles. The first-order chi connectivity index (χ1) is 14.1. The molecule has 4 heteroatoms. The second kappa shape index (κ2) is 7.92. The summed E-state index contributed by atoms with van der Waals surface area (Å²) in [4.78, 5) is 26.0. The monoisotopic (exact) mass is 384 g/mol. The molecule has 4 aromatic rings. The second-order valence-electron chi connectivity index (χ2n) is 7.16. The summed E-state index contributed by atoms with van der Waals surface area (Å²) in [5.41, 5.74) is 4.71. The Morgan fingerprint density at radius 2 is 1.31 bits per heavy atom. The normalized spacial score (nSPS) is 11.1. The zero-order chi connectivity index (χ0) is 20.4. The van der Waals surface area contributed by atoms with Crippen molar-refractivity contribution in [3.05, 3.63) is 88.1 Å². The first-order valence-corrected chi connectivity index (χ1v) is 10.0. The van der Waals surface area contributed by atoms with E-state index in [9.17, 15) is 9.59 Å². The van der Waals surface area contributed by atoms with Gasteiger partial charge < -0.3 is 9.88 Å². The molecule has 0 atom stereocenters. The summed E-state index contributed by atoms with van der Waals surface area (Å²) < 4.78 is 1.93. The Morgan fingerprint density at radius 1 is 0.793 bits per heavy atom. The summed E-state index contributed by atoms with van der Waals surface area (Å²) in [7, 11) is 0. The van der Waals surface area contributed by atoms with Gasteiger partial charge in [0.2, 0.25) is 5.91 Å². The highest BCUT2D eigenvalue weighted by Crippen LogP contribution is 2.24. The van der Waals surface area contributed by atoms with Crippen LogP contribution in [-0.2, 0) is 24.2 Å². The number of amides is 1. The number of fused-ring (bicyclic) bond motifs is 2. The largest absolute Gasteiger partial charge is 0.331 e. The molecule has 29 heavy (non-hydrogen) atoms. The lowest BCUT2D eigenvalue weighted by molar-refractivity contribution is -0.116. The summed E-state index contributed by atoms with van der Waals surface area (Å²) in [6, 6.07) is 21.1. The summed E-state index contributed by atoms with van der Waals surface area (Å²) >= 11 is 0. The number of nitrogens with zero attached hydrogens (tertiary/aromatic N) is 1. The van der Waals surface area contributed by atoms with Crippen LogP contribution in [-0.4, -0.2) is 10.5 Å². The van der Waals surface area contributed by atoms with Crippen molar-refractivity contribution in [1.82, 2.24) is 4.57 Å². The van der Waals surface area contributed by atoms with E-state index >= 15 is 0 Å². The molecule has 0 radical (unpaired) electrons. The minimum Gasteiger partial charge on any atom is -0.331 e. The van der Waals surface area contributed by atoms with Gasteiger partial charge in [0.05, 0.1) is 11.0 Å². The smallest absolute Gasteiger partial charge is 0.244 e. The fourth-order valence-electron chi connectivity index (χ4n) is 3.97. The van der Waals surface area contributed by atoms with Crippen molar-refractivity contribution in [2.24, 2.45) is 0 Å². The molecule has 0 saturated heterocycles. The van der Waals surface area contributed by atoms with Crippen LogP contribution in [0.25, 0.3) is 21.8 Å². The molecule has 1 amide bonds. The molecule has 1 N–H and O–H groups in total. The zero-order valence-electron chi connectivity index (χ0n) is 16.7. The van der Waals surface area contributed by atoms with Gasteiger partial charge in [0, 0.05) is 16.5 Å². The number of rotatable bonds is 5. The summed E-state index contributed by atoms with van der Waals surface area (Å²) in [6.45, 7) is 4.32. The zero-order valence-corrected chi connectivity index (χ0v) is 16.7. The number of benzene rings is 3. The molecule has 0 aliphatic heterocycles. The number of nitrogens with one attached hydrogen (secondary N) is 1. The minimum absolute atomic E-state index is 0.00236. The van der Waals surface area contributed by atoms with E-state index in [1.807, 2.05) is 59.2 Å². The maximum Gasteiger partial charge on any atom is 0.244 e. The van der Waals surface area contributed by atoms with Crippen LogP contribution >= 0.6 is 0 Å². The van der Waals surface area contributed by atoms with Crippen LogP contribution in [0.2, 0.25) is 0 Å². The SMILES string of the molecule is CCc1cccc(CC)c1NC(=O)Cn1c2ccccc2c(=O)c2ccccc21. The number of hydrogen-bond donors (Lipinski definition) is 1. The van der Waals surface area contributed by atoms with Crippen molar-refractivity contribution < 1.29 is 4.79 Å². The number of aromatic nitrogens is 1. The first kappa shape index (κ1) is 18.9. The number of para-hydroxylation sites is 3. The maximum atomic E-state index is 13.1. The van der Waals surface area contributed by atoms with Gasteiger partial charge in [-0.05, 0) is 48.2 Å². The molecule has 0 spiro atoms. The summed E-state index contributed by atoms with van der Waals surface area (Å²) in [5.74, 6) is -0.0976. The predicted molar refractivity (Wildman–Crippen MR) is 120 cm³/mol. The van der Waals surface area contributed by atoms with Crippen LogP contribution < -0.4 is 10.7 Å². The standard InChI is InChI=1S/C25H24N2O2/c1-3-17-10-9-11-18(4-2)24(17)26-23(28)16-27-21-14-7-5-12-19(21)25(29)20-13-6-8-15-22(20)27/h5-15H,3-4,16H2,1-2H3,(H,26,28). The second-order valence-corrected chi connectivity index (χ2v) is 7.16. The number of hydrogen-bond acceptors (Lipinski definition) is 2. The third-order valence-electron chi connectivity index (χ3n) is 5.44. The van der Waals surface area contributed by atoms with Crippen LogP contribution in [0.5, 0.6) is 0 Å². The van der Waals surface area contributed by atoms with E-state index in [0.29, 0.717) is 10.8 Å². The molecule has 4 rings (SSSR count). The minimum atomic E-state index is -0.0976. The van der Waals surface area contributed by atoms with Crippen molar-refractivity contribution in [3.8, 4) is 0 Å². The maximum absolute atomic E-state index is 13.1. The molecule has 0 saturated carbocycles. The highest BCUT2D eigenvalue weighted by atomic mass is 16.2. The molecule has 0 bridgehead atoms. The van der Waals surface area contributed by atoms with E-state index in [2.05, 4.69) is 31.3 Å². The van der Waals surface area contributed by atoms with Gasteiger partial charge in [-0.3, -0.25) is 9.59 Å². The van der Waals surface area contributed by atoms with E-state index in [1.54, 1.807) is 0 Å². The van der Waals surface area contributed by atoms with Crippen LogP contribution in [0.4, 0.5) is 5.69 Å². The fraction of sp³-hybridized carbons (Fsp3) is 0.200. The van der Waals surface area contributed by atoms with Crippen LogP contribution in [0.1, 0.15) is 25.0 Å². The Bertz CT molecular complexity index is 1190. The molecule has 0 unspecified atom stereocenters. The molecule has 0 aliphatic rings. The van der Waals surface area contributed by atoms with Gasteiger partial charge in [0.1, 0.15) is 6.54 Å². The average Bonchev–Trinajstić information content (AvgIpc) is 2.76. The number of carbonyl (C=O) groups excluding carboxylic acids is 1. The Hall–Kier alpha value is -3.40. The third-order valence-corrected chi connectivity index (χ3v) is 5.44. The molecular weight excluding hydrogens is 360 g/mol. The van der Waals surface area contributed by atoms with E-state index < -0.39 is 0 Å². The average molecular weight is 384 g/mol. The fourth-order valence-corrected chi connectivity index (χ4v) is 3.97. The molecule has 4 nitrogen and oxygen atoms in total. The Balaban J connectivity index is 1.80. The number of carbonyl (C=O) groups is 1. The van der Waals surface area contributed by atoms with Crippen molar-refractivity contribution in [2.45, 2.75) is 33.2 Å². The van der Waals surface area contributed by atoms with Gasteiger partial charge in [-0.25, -0.2) is 0 Å². The predicted octanol–water partition coefficient (Wildman–Crippen LogP) is 4.92. The molecule has 0 fully saturated rings. The van der Waals surface area contributed by atoms with Crippen LogP contribution in [0, 0.1) is 0 Å². The molecular formula is C25H24N2O2. The van der Waals surface area contributed by atoms with Gasteiger partial charge in [0.15, 0.2) is 5.43 Å². The quantitative estimate of drug-likeness (QED) is 0.497. The third kappa shape index (κ3) is 3.42. The summed E-state index contributed by atoms with van der Waals surface area (Å²) in [5, 5.41) is 4.39. The van der Waals surface area contributed by atoms with E-state index in [0.717, 1.165) is 40.7 Å². The van der Waals surface area contributed by atoms with E-state index in [-0.39, 0.29) is 17.9 Å². The highest BCUT2D eigenvalue weighted by molar-refractivity contribution is 5.97. The van der Waals surface area contributed by atoms with Crippen molar-refractivity contribution in [2.75, 3.05) is 5.32 Å². The van der Waals surface area contributed by atoms with Gasteiger partial charge in [-0.15, -0.1) is 0 Å². The highest BCUT2D eigenvalue weighted by Gasteiger charge is 2.15. The van der Waals surface area contributed by atoms with Gasteiger partial charge in [-0.1, -0.05) is 56.3 Å². The Labute approximate surface area is 169 Å². The molecule has 1 heterocycles. The van der Waals surface area contributed by atoms with Gasteiger partial charge >= 0.3 is 0 Å². The topological polar surface area (TPSA) is 51.1 Å². The number of anilines is 1. The number of aryl methyl sites for hydroxylation is 2. The lowest BCUT2D eigenvalue weighted by Gasteiger charge is -2.17. The van der Waals surface area contributed by atoms with Crippen LogP contribution in [0.15, 0.2) is 71.5 Å². The lowest BCUT2D eigenvalue weighted by Crippen LogP contribution is -2.22. The lowest BCUT2D eigenvalue weighted by atomic mass is 10.0. The van der Waals surface area contributed by atoms with Crippen molar-refractivity contribution in [3.63, 3.8) is 0 Å². The van der Waals surface area contributed by atoms with E-state index in [4.69, 9.17) is 0 Å². The van der Waals surface area contributed by atoms with Crippen molar-refractivity contribution >= 4 is 33.4 Å². The van der Waals surface area contributed by atoms with Gasteiger partial charge in [-0.2, -0.15) is 0 Å². The van der Waals surface area contributed by atoms with Crippen molar-refractivity contribution in [1.29, 1.82) is 0 Å². The molecule has 146 valence electrons. The number of pyridine rings is 1. The summed E-state index contributed by atoms with van der Waals surface area (Å²) in [6.07, 6.45) is 1.71. The van der Waals surface area contributed by atoms with Gasteiger partial charge in [0.25, 0.3) is 0 Å². The first-order valence-electron chi connectivity index (χ1n) is 10.0. The Morgan fingerprint density at radius 3 is 1.83 bits per heavy atom. The molecule has 1 aromatic heterocycles. The van der Waals surface area contributed by atoms with Crippen LogP contribution in [0.3, 0.4) is 0 Å².